The molecule has 1 fully saturated rings. The van der Waals surface area contributed by atoms with E-state index >= 15 is 0 Å². The summed E-state index contributed by atoms with van der Waals surface area (Å²) in [5.74, 6) is 0.146. The zero-order valence-corrected chi connectivity index (χ0v) is 14.3. The van der Waals surface area contributed by atoms with Crippen molar-refractivity contribution in [3.8, 4) is 0 Å². The number of amides is 3. The highest BCUT2D eigenvalue weighted by Crippen LogP contribution is 2.22. The molecule has 0 radical (unpaired) electrons. The Morgan fingerprint density at radius 3 is 2.48 bits per heavy atom. The number of benzene rings is 1. The van der Waals surface area contributed by atoms with E-state index in [9.17, 15) is 9.59 Å². The summed E-state index contributed by atoms with van der Waals surface area (Å²) in [6.45, 7) is 0. The predicted molar refractivity (Wildman–Crippen MR) is 92.5 cm³/mol. The van der Waals surface area contributed by atoms with Crippen LogP contribution in [-0.4, -0.2) is 48.9 Å². The normalized spacial score (nSPS) is 15.1. The first-order chi connectivity index (χ1) is 11.0. The third-order valence-electron chi connectivity index (χ3n) is 4.46. The number of likely N-dealkylation sites (N-methyl/N-ethyl adjacent to an activating group) is 1. The molecule has 1 aliphatic rings. The molecular formula is C18H27N3O2. The van der Waals surface area contributed by atoms with Crippen molar-refractivity contribution in [3.05, 3.63) is 29.8 Å². The van der Waals surface area contributed by atoms with E-state index in [2.05, 4.69) is 5.32 Å². The average molecular weight is 317 g/mol. The Morgan fingerprint density at radius 2 is 1.83 bits per heavy atom. The molecule has 5 nitrogen and oxygen atoms in total. The smallest absolute Gasteiger partial charge is 0.321 e. The number of hydrogen-bond acceptors (Lipinski definition) is 2. The summed E-state index contributed by atoms with van der Waals surface area (Å²) >= 11 is 0. The topological polar surface area (TPSA) is 52.7 Å². The first kappa shape index (κ1) is 17.3. The summed E-state index contributed by atoms with van der Waals surface area (Å²) in [5, 5.41) is 2.81. The molecule has 0 spiro atoms. The number of rotatable bonds is 4. The van der Waals surface area contributed by atoms with Gasteiger partial charge in [-0.2, -0.15) is 0 Å². The number of hydrogen-bond donors (Lipinski definition) is 1. The van der Waals surface area contributed by atoms with E-state index in [1.165, 1.54) is 24.2 Å². The van der Waals surface area contributed by atoms with Crippen LogP contribution in [0.5, 0.6) is 0 Å². The molecule has 0 bridgehead atoms. The van der Waals surface area contributed by atoms with Crippen molar-refractivity contribution in [2.45, 2.75) is 44.6 Å². The minimum Gasteiger partial charge on any atom is -0.342 e. The Balaban J connectivity index is 1.96. The van der Waals surface area contributed by atoms with Crippen LogP contribution in [0.1, 0.15) is 37.7 Å². The molecule has 0 atom stereocenters. The van der Waals surface area contributed by atoms with Crippen molar-refractivity contribution in [1.82, 2.24) is 9.80 Å². The second kappa shape index (κ2) is 7.99. The molecule has 2 rings (SSSR count). The zero-order chi connectivity index (χ0) is 16.8. The van der Waals surface area contributed by atoms with Gasteiger partial charge in [0.15, 0.2) is 0 Å². The molecule has 1 aromatic rings. The summed E-state index contributed by atoms with van der Waals surface area (Å²) in [7, 11) is 5.31. The monoisotopic (exact) mass is 317 g/mol. The largest absolute Gasteiger partial charge is 0.342 e. The predicted octanol–water partition coefficient (Wildman–Crippen LogP) is 3.11. The zero-order valence-electron chi connectivity index (χ0n) is 14.3. The Morgan fingerprint density at radius 1 is 1.13 bits per heavy atom. The molecule has 0 aromatic heterocycles. The van der Waals surface area contributed by atoms with Crippen LogP contribution in [0.2, 0.25) is 0 Å². The van der Waals surface area contributed by atoms with Gasteiger partial charge in [-0.05, 0) is 30.5 Å². The first-order valence-electron chi connectivity index (χ1n) is 8.30. The number of urea groups is 1. The Labute approximate surface area is 138 Å². The highest BCUT2D eigenvalue weighted by Gasteiger charge is 2.22. The van der Waals surface area contributed by atoms with Crippen molar-refractivity contribution >= 4 is 17.6 Å². The molecule has 0 unspecified atom stereocenters. The maximum absolute atomic E-state index is 12.5. The van der Waals surface area contributed by atoms with E-state index < -0.39 is 0 Å². The molecule has 23 heavy (non-hydrogen) atoms. The molecule has 126 valence electrons. The maximum Gasteiger partial charge on any atom is 0.321 e. The fourth-order valence-corrected chi connectivity index (χ4v) is 2.97. The van der Waals surface area contributed by atoms with Crippen LogP contribution < -0.4 is 5.32 Å². The van der Waals surface area contributed by atoms with Crippen LogP contribution in [0.15, 0.2) is 24.3 Å². The van der Waals surface area contributed by atoms with Crippen LogP contribution in [0.25, 0.3) is 0 Å². The van der Waals surface area contributed by atoms with E-state index in [4.69, 9.17) is 0 Å². The Bertz CT molecular complexity index is 551. The lowest BCUT2D eigenvalue weighted by molar-refractivity contribution is -0.131. The summed E-state index contributed by atoms with van der Waals surface area (Å²) < 4.78 is 0. The first-order valence-corrected chi connectivity index (χ1v) is 8.30. The fraction of sp³-hybridized carbons (Fsp3) is 0.556. The summed E-state index contributed by atoms with van der Waals surface area (Å²) in [5.41, 5.74) is 1.64. The highest BCUT2D eigenvalue weighted by atomic mass is 16.2. The van der Waals surface area contributed by atoms with Gasteiger partial charge in [-0.25, -0.2) is 4.79 Å². The molecule has 5 heteroatoms. The SMILES string of the molecule is CN(C)C(=O)Nc1cccc(CC(=O)N(C)C2CCCCC2)c1. The Hall–Kier alpha value is -2.04. The average Bonchev–Trinajstić information content (AvgIpc) is 2.55. The highest BCUT2D eigenvalue weighted by molar-refractivity contribution is 5.89. The minimum absolute atomic E-state index is 0.146. The molecule has 0 heterocycles. The lowest BCUT2D eigenvalue weighted by Gasteiger charge is -2.31. The Kier molecular flexibility index (Phi) is 6.02. The number of anilines is 1. The molecule has 1 saturated carbocycles. The standard InChI is InChI=1S/C18H27N3O2/c1-20(2)18(23)19-15-9-7-8-14(12-15)13-17(22)21(3)16-10-5-4-6-11-16/h7-9,12,16H,4-6,10-11,13H2,1-3H3,(H,19,23). The van der Waals surface area contributed by atoms with Crippen LogP contribution in [0.3, 0.4) is 0 Å². The summed E-state index contributed by atoms with van der Waals surface area (Å²) in [6, 6.07) is 7.71. The van der Waals surface area contributed by atoms with E-state index in [-0.39, 0.29) is 11.9 Å². The van der Waals surface area contributed by atoms with Gasteiger partial charge in [0.25, 0.3) is 0 Å². The number of nitrogens with one attached hydrogen (secondary N) is 1. The second-order valence-electron chi connectivity index (χ2n) is 6.50. The van der Waals surface area contributed by atoms with Gasteiger partial charge in [-0.1, -0.05) is 31.4 Å². The molecule has 3 amide bonds. The van der Waals surface area contributed by atoms with Crippen molar-refractivity contribution in [2.75, 3.05) is 26.5 Å². The lowest BCUT2D eigenvalue weighted by atomic mass is 9.94. The van der Waals surface area contributed by atoms with Gasteiger partial charge in [0.2, 0.25) is 5.91 Å². The van der Waals surface area contributed by atoms with Gasteiger partial charge in [0.05, 0.1) is 6.42 Å². The maximum atomic E-state index is 12.5. The number of carbonyl (C=O) groups excluding carboxylic acids is 2. The minimum atomic E-state index is -0.173. The molecule has 0 aliphatic heterocycles. The quantitative estimate of drug-likeness (QED) is 0.927. The van der Waals surface area contributed by atoms with Crippen LogP contribution in [0.4, 0.5) is 10.5 Å². The van der Waals surface area contributed by atoms with Crippen molar-refractivity contribution < 1.29 is 9.59 Å². The number of nitrogens with zero attached hydrogens (tertiary/aromatic N) is 2. The van der Waals surface area contributed by atoms with Gasteiger partial charge in [0, 0.05) is 32.9 Å². The van der Waals surface area contributed by atoms with Crippen molar-refractivity contribution in [3.63, 3.8) is 0 Å². The lowest BCUT2D eigenvalue weighted by Crippen LogP contribution is -2.39. The molecule has 1 aromatic carbocycles. The van der Waals surface area contributed by atoms with Gasteiger partial charge in [-0.3, -0.25) is 4.79 Å². The molecule has 0 saturated heterocycles. The van der Waals surface area contributed by atoms with Crippen molar-refractivity contribution in [1.29, 1.82) is 0 Å². The molecule has 1 aliphatic carbocycles. The van der Waals surface area contributed by atoms with E-state index in [1.807, 2.05) is 36.2 Å². The fourth-order valence-electron chi connectivity index (χ4n) is 2.97. The third-order valence-corrected chi connectivity index (χ3v) is 4.46. The second-order valence-corrected chi connectivity index (χ2v) is 6.50. The summed E-state index contributed by atoms with van der Waals surface area (Å²) in [4.78, 5) is 27.6. The van der Waals surface area contributed by atoms with Crippen LogP contribution in [0, 0.1) is 0 Å². The molecular weight excluding hydrogens is 290 g/mol. The van der Waals surface area contributed by atoms with Gasteiger partial charge in [0.1, 0.15) is 0 Å². The third kappa shape index (κ3) is 4.98. The van der Waals surface area contributed by atoms with E-state index in [0.29, 0.717) is 18.2 Å². The van der Waals surface area contributed by atoms with Gasteiger partial charge < -0.3 is 15.1 Å². The summed E-state index contributed by atoms with van der Waals surface area (Å²) in [6.07, 6.45) is 6.32. The van der Waals surface area contributed by atoms with Crippen LogP contribution >= 0.6 is 0 Å². The van der Waals surface area contributed by atoms with Crippen LogP contribution in [-0.2, 0) is 11.2 Å². The van der Waals surface area contributed by atoms with E-state index in [0.717, 1.165) is 18.4 Å². The van der Waals surface area contributed by atoms with Gasteiger partial charge >= 0.3 is 6.03 Å². The van der Waals surface area contributed by atoms with Gasteiger partial charge in [-0.15, -0.1) is 0 Å². The van der Waals surface area contributed by atoms with E-state index in [1.54, 1.807) is 14.1 Å². The number of carbonyl (C=O) groups is 2. The van der Waals surface area contributed by atoms with Crippen molar-refractivity contribution in [2.24, 2.45) is 0 Å². The molecule has 1 N–H and O–H groups in total.